The van der Waals surface area contributed by atoms with Gasteiger partial charge in [-0.3, -0.25) is 0 Å². The van der Waals surface area contributed by atoms with Crippen LogP contribution in [-0.2, 0) is 10.0 Å². The zero-order chi connectivity index (χ0) is 10.6. The maximum absolute atomic E-state index is 11.6. The van der Waals surface area contributed by atoms with Gasteiger partial charge in [0.05, 0.1) is 11.9 Å². The standard InChI is InChI=1S/C8H16ClNO3S/c9-4-2-6-14(12,13)10-5-1-3-8(11)7-10/h8,11H,1-7H2/t8-/m0/s1. The number of hydrogen-bond acceptors (Lipinski definition) is 3. The molecule has 0 saturated carbocycles. The highest BCUT2D eigenvalue weighted by atomic mass is 35.5. The SMILES string of the molecule is O=S(=O)(CCCCl)N1CCC[C@H](O)C1. The van der Waals surface area contributed by atoms with Crippen LogP contribution in [0.25, 0.3) is 0 Å². The molecule has 0 amide bonds. The zero-order valence-corrected chi connectivity index (χ0v) is 9.60. The third-order valence-corrected chi connectivity index (χ3v) is 4.48. The Morgan fingerprint density at radius 3 is 2.79 bits per heavy atom. The topological polar surface area (TPSA) is 57.6 Å². The molecule has 84 valence electrons. The van der Waals surface area contributed by atoms with E-state index in [1.54, 1.807) is 0 Å². The normalized spacial score (nSPS) is 25.1. The number of piperidine rings is 1. The lowest BCUT2D eigenvalue weighted by atomic mass is 10.1. The van der Waals surface area contributed by atoms with E-state index in [0.29, 0.717) is 25.3 Å². The fourth-order valence-corrected chi connectivity index (χ4v) is 3.41. The highest BCUT2D eigenvalue weighted by molar-refractivity contribution is 7.89. The van der Waals surface area contributed by atoms with Crippen LogP contribution in [0.4, 0.5) is 0 Å². The van der Waals surface area contributed by atoms with Crippen molar-refractivity contribution in [3.05, 3.63) is 0 Å². The van der Waals surface area contributed by atoms with Gasteiger partial charge in [0.15, 0.2) is 0 Å². The van der Waals surface area contributed by atoms with Gasteiger partial charge in [0.1, 0.15) is 0 Å². The Labute approximate surface area is 89.9 Å². The molecule has 1 aliphatic heterocycles. The van der Waals surface area contributed by atoms with E-state index in [2.05, 4.69) is 0 Å². The van der Waals surface area contributed by atoms with E-state index in [1.807, 2.05) is 0 Å². The summed E-state index contributed by atoms with van der Waals surface area (Å²) in [5, 5.41) is 9.34. The van der Waals surface area contributed by atoms with E-state index in [-0.39, 0.29) is 12.3 Å². The number of alkyl halides is 1. The second kappa shape index (κ2) is 5.30. The first kappa shape index (κ1) is 12.2. The first-order valence-corrected chi connectivity index (χ1v) is 6.92. The van der Waals surface area contributed by atoms with Gasteiger partial charge in [-0.1, -0.05) is 0 Å². The minimum atomic E-state index is -3.19. The summed E-state index contributed by atoms with van der Waals surface area (Å²) < 4.78 is 24.7. The maximum Gasteiger partial charge on any atom is 0.214 e. The Kier molecular flexibility index (Phi) is 4.63. The summed E-state index contributed by atoms with van der Waals surface area (Å²) in [5.74, 6) is 0.443. The van der Waals surface area contributed by atoms with Gasteiger partial charge in [0.25, 0.3) is 0 Å². The average molecular weight is 242 g/mol. The minimum Gasteiger partial charge on any atom is -0.392 e. The highest BCUT2D eigenvalue weighted by Crippen LogP contribution is 2.14. The van der Waals surface area contributed by atoms with Crippen molar-refractivity contribution in [1.82, 2.24) is 4.31 Å². The van der Waals surface area contributed by atoms with Gasteiger partial charge in [-0.15, -0.1) is 11.6 Å². The van der Waals surface area contributed by atoms with Crippen molar-refractivity contribution in [2.45, 2.75) is 25.4 Å². The molecule has 0 spiro atoms. The number of halogens is 1. The number of aliphatic hydroxyl groups excluding tert-OH is 1. The van der Waals surface area contributed by atoms with E-state index >= 15 is 0 Å². The number of rotatable bonds is 4. The molecular weight excluding hydrogens is 226 g/mol. The monoisotopic (exact) mass is 241 g/mol. The summed E-state index contributed by atoms with van der Waals surface area (Å²) in [4.78, 5) is 0. The third-order valence-electron chi connectivity index (χ3n) is 2.29. The molecule has 1 aliphatic rings. The second-order valence-electron chi connectivity index (χ2n) is 3.51. The first-order chi connectivity index (χ1) is 6.56. The van der Waals surface area contributed by atoms with E-state index < -0.39 is 16.1 Å². The van der Waals surface area contributed by atoms with Gasteiger partial charge < -0.3 is 5.11 Å². The van der Waals surface area contributed by atoms with Gasteiger partial charge in [0.2, 0.25) is 10.0 Å². The highest BCUT2D eigenvalue weighted by Gasteiger charge is 2.27. The Hall–Kier alpha value is 0.160. The second-order valence-corrected chi connectivity index (χ2v) is 5.98. The number of sulfonamides is 1. The summed E-state index contributed by atoms with van der Waals surface area (Å²) in [7, 11) is -3.19. The van der Waals surface area contributed by atoms with Crippen LogP contribution in [0.5, 0.6) is 0 Å². The lowest BCUT2D eigenvalue weighted by Gasteiger charge is -2.29. The van der Waals surface area contributed by atoms with Crippen LogP contribution in [0.1, 0.15) is 19.3 Å². The Balaban J connectivity index is 2.53. The fraction of sp³-hybridized carbons (Fsp3) is 1.00. The molecule has 0 bridgehead atoms. The maximum atomic E-state index is 11.6. The average Bonchev–Trinajstić information content (AvgIpc) is 2.15. The van der Waals surface area contributed by atoms with E-state index in [9.17, 15) is 13.5 Å². The Bertz CT molecular complexity index is 268. The molecule has 0 radical (unpaired) electrons. The van der Waals surface area contributed by atoms with Crippen molar-refractivity contribution < 1.29 is 13.5 Å². The molecule has 0 aromatic rings. The molecule has 14 heavy (non-hydrogen) atoms. The molecule has 0 aromatic heterocycles. The molecule has 1 heterocycles. The summed E-state index contributed by atoms with van der Waals surface area (Å²) in [6, 6.07) is 0. The van der Waals surface area contributed by atoms with Crippen LogP contribution < -0.4 is 0 Å². The van der Waals surface area contributed by atoms with Gasteiger partial charge in [0, 0.05) is 19.0 Å². The van der Waals surface area contributed by atoms with Crippen LogP contribution in [0.15, 0.2) is 0 Å². The predicted molar refractivity (Wildman–Crippen MR) is 55.9 cm³/mol. The van der Waals surface area contributed by atoms with Crippen LogP contribution in [0, 0.1) is 0 Å². The van der Waals surface area contributed by atoms with Gasteiger partial charge in [-0.25, -0.2) is 8.42 Å². The summed E-state index contributed by atoms with van der Waals surface area (Å²) in [5.41, 5.74) is 0. The first-order valence-electron chi connectivity index (χ1n) is 4.78. The number of nitrogens with zero attached hydrogens (tertiary/aromatic N) is 1. The van der Waals surface area contributed by atoms with Crippen molar-refractivity contribution >= 4 is 21.6 Å². The van der Waals surface area contributed by atoms with Crippen LogP contribution in [0.3, 0.4) is 0 Å². The summed E-state index contributed by atoms with van der Waals surface area (Å²) in [6.45, 7) is 0.770. The summed E-state index contributed by atoms with van der Waals surface area (Å²) >= 11 is 5.44. The van der Waals surface area contributed by atoms with E-state index in [1.165, 1.54) is 4.31 Å². The van der Waals surface area contributed by atoms with E-state index in [0.717, 1.165) is 6.42 Å². The van der Waals surface area contributed by atoms with Gasteiger partial charge in [-0.2, -0.15) is 4.31 Å². The molecule has 4 nitrogen and oxygen atoms in total. The van der Waals surface area contributed by atoms with Crippen LogP contribution >= 0.6 is 11.6 Å². The smallest absolute Gasteiger partial charge is 0.214 e. The molecule has 1 atom stereocenters. The summed E-state index contributed by atoms with van der Waals surface area (Å²) in [6.07, 6.45) is 1.40. The van der Waals surface area contributed by atoms with Crippen molar-refractivity contribution in [3.63, 3.8) is 0 Å². The molecular formula is C8H16ClNO3S. The zero-order valence-electron chi connectivity index (χ0n) is 8.02. The molecule has 6 heteroatoms. The van der Waals surface area contributed by atoms with Crippen molar-refractivity contribution in [2.24, 2.45) is 0 Å². The van der Waals surface area contributed by atoms with Crippen molar-refractivity contribution in [1.29, 1.82) is 0 Å². The molecule has 1 fully saturated rings. The lowest BCUT2D eigenvalue weighted by molar-refractivity contribution is 0.108. The molecule has 0 aromatic carbocycles. The molecule has 1 rings (SSSR count). The predicted octanol–water partition coefficient (Wildman–Crippen LogP) is 0.402. The van der Waals surface area contributed by atoms with Crippen LogP contribution in [-0.4, -0.2) is 48.7 Å². The Morgan fingerprint density at radius 1 is 1.50 bits per heavy atom. The minimum absolute atomic E-state index is 0.0865. The number of aliphatic hydroxyl groups is 1. The molecule has 0 unspecified atom stereocenters. The largest absolute Gasteiger partial charge is 0.392 e. The lowest BCUT2D eigenvalue weighted by Crippen LogP contribution is -2.43. The molecule has 1 saturated heterocycles. The van der Waals surface area contributed by atoms with Gasteiger partial charge >= 0.3 is 0 Å². The molecule has 0 aliphatic carbocycles. The van der Waals surface area contributed by atoms with Gasteiger partial charge in [-0.05, 0) is 19.3 Å². The molecule has 1 N–H and O–H groups in total. The van der Waals surface area contributed by atoms with Crippen molar-refractivity contribution in [3.8, 4) is 0 Å². The van der Waals surface area contributed by atoms with Crippen molar-refractivity contribution in [2.75, 3.05) is 24.7 Å². The Morgan fingerprint density at radius 2 is 2.21 bits per heavy atom. The number of β-amino-alcohol motifs (C(OH)–C–C–N with tert-alkyl or cyclic N) is 1. The third kappa shape index (κ3) is 3.38. The quantitative estimate of drug-likeness (QED) is 0.725. The fourth-order valence-electron chi connectivity index (χ4n) is 1.54. The van der Waals surface area contributed by atoms with Crippen LogP contribution in [0.2, 0.25) is 0 Å². The van der Waals surface area contributed by atoms with E-state index in [4.69, 9.17) is 11.6 Å². The number of hydrogen-bond donors (Lipinski definition) is 1.